The SMILES string of the molecule is COc1cc(C(c2ccccc2)c2ccc(C3C(=O)N(c4ccccc4)N=C3C)c(OC)c2)ccc1C1C(=O)N(c2ccccc2)N=C1C. The summed E-state index contributed by atoms with van der Waals surface area (Å²) in [5.41, 5.74) is 7.39. The van der Waals surface area contributed by atoms with Gasteiger partial charge in [0.15, 0.2) is 0 Å². The molecule has 0 aliphatic carbocycles. The van der Waals surface area contributed by atoms with Crippen molar-refractivity contribution in [2.75, 3.05) is 24.2 Å². The van der Waals surface area contributed by atoms with Gasteiger partial charge in [-0.1, -0.05) is 91.0 Å². The van der Waals surface area contributed by atoms with Crippen LogP contribution in [-0.2, 0) is 9.59 Å². The minimum Gasteiger partial charge on any atom is -0.496 e. The van der Waals surface area contributed by atoms with Crippen LogP contribution >= 0.6 is 0 Å². The molecule has 0 saturated heterocycles. The molecule has 2 unspecified atom stereocenters. The number of amides is 2. The van der Waals surface area contributed by atoms with E-state index >= 15 is 0 Å². The molecule has 2 aliphatic rings. The van der Waals surface area contributed by atoms with E-state index in [2.05, 4.69) is 34.5 Å². The van der Waals surface area contributed by atoms with Crippen LogP contribution < -0.4 is 19.5 Å². The van der Waals surface area contributed by atoms with Crippen LogP contribution in [0, 0.1) is 0 Å². The minimum absolute atomic E-state index is 0.124. The number of anilines is 2. The first-order chi connectivity index (χ1) is 23.9. The van der Waals surface area contributed by atoms with Gasteiger partial charge in [-0.05, 0) is 66.9 Å². The van der Waals surface area contributed by atoms with Crippen LogP contribution in [0.3, 0.4) is 0 Å². The number of ether oxygens (including phenoxy) is 2. The second-order valence-corrected chi connectivity index (χ2v) is 12.2. The van der Waals surface area contributed by atoms with E-state index < -0.39 is 11.8 Å². The van der Waals surface area contributed by atoms with E-state index in [1.807, 2.05) is 117 Å². The lowest BCUT2D eigenvalue weighted by molar-refractivity contribution is -0.118. The first-order valence-corrected chi connectivity index (χ1v) is 16.2. The lowest BCUT2D eigenvalue weighted by Crippen LogP contribution is -2.26. The maximum Gasteiger partial charge on any atom is 0.260 e. The van der Waals surface area contributed by atoms with Gasteiger partial charge in [0.2, 0.25) is 0 Å². The number of rotatable bonds is 9. The quantitative estimate of drug-likeness (QED) is 0.152. The van der Waals surface area contributed by atoms with E-state index in [9.17, 15) is 9.59 Å². The molecule has 8 heteroatoms. The third kappa shape index (κ3) is 5.75. The zero-order chi connectivity index (χ0) is 34.1. The van der Waals surface area contributed by atoms with Crippen LogP contribution in [0.15, 0.2) is 138 Å². The molecule has 0 saturated carbocycles. The first-order valence-electron chi connectivity index (χ1n) is 16.2. The highest BCUT2D eigenvalue weighted by Gasteiger charge is 2.39. The zero-order valence-electron chi connectivity index (χ0n) is 27.8. The Morgan fingerprint density at radius 2 is 0.918 bits per heavy atom. The van der Waals surface area contributed by atoms with Crippen molar-refractivity contribution in [3.8, 4) is 11.5 Å². The Hall–Kier alpha value is -6.02. The normalized spacial score (nSPS) is 18.0. The number of nitrogens with zero attached hydrogens (tertiary/aromatic N) is 4. The number of hydrogen-bond donors (Lipinski definition) is 0. The topological polar surface area (TPSA) is 83.8 Å². The fourth-order valence-electron chi connectivity index (χ4n) is 6.87. The summed E-state index contributed by atoms with van der Waals surface area (Å²) in [5, 5.41) is 12.2. The molecule has 0 aromatic heterocycles. The van der Waals surface area contributed by atoms with Crippen LogP contribution in [0.5, 0.6) is 11.5 Å². The Morgan fingerprint density at radius 3 is 1.31 bits per heavy atom. The van der Waals surface area contributed by atoms with Gasteiger partial charge >= 0.3 is 0 Å². The van der Waals surface area contributed by atoms with E-state index in [1.165, 1.54) is 10.0 Å². The smallest absolute Gasteiger partial charge is 0.260 e. The van der Waals surface area contributed by atoms with Crippen molar-refractivity contribution in [3.63, 3.8) is 0 Å². The Kier molecular flexibility index (Phi) is 8.53. The van der Waals surface area contributed by atoms with Crippen LogP contribution in [0.1, 0.15) is 59.4 Å². The number of methoxy groups -OCH3 is 2. The molecule has 0 spiro atoms. The predicted octanol–water partition coefficient (Wildman–Crippen LogP) is 7.90. The summed E-state index contributed by atoms with van der Waals surface area (Å²) in [6, 6.07) is 41.2. The van der Waals surface area contributed by atoms with Crippen LogP contribution in [0.25, 0.3) is 0 Å². The van der Waals surface area contributed by atoms with Crippen LogP contribution in [0.2, 0.25) is 0 Å². The largest absolute Gasteiger partial charge is 0.496 e. The molecule has 0 bridgehead atoms. The average molecular weight is 649 g/mol. The molecular weight excluding hydrogens is 612 g/mol. The van der Waals surface area contributed by atoms with Gasteiger partial charge in [-0.25, -0.2) is 0 Å². The van der Waals surface area contributed by atoms with Crippen molar-refractivity contribution in [2.45, 2.75) is 31.6 Å². The molecule has 49 heavy (non-hydrogen) atoms. The summed E-state index contributed by atoms with van der Waals surface area (Å²) in [4.78, 5) is 27.4. The molecular formula is C41H36N4O4. The summed E-state index contributed by atoms with van der Waals surface area (Å²) < 4.78 is 11.9. The second-order valence-electron chi connectivity index (χ2n) is 12.2. The van der Waals surface area contributed by atoms with Crippen molar-refractivity contribution >= 4 is 34.6 Å². The Morgan fingerprint density at radius 1 is 0.531 bits per heavy atom. The maximum absolute atomic E-state index is 13.7. The molecule has 2 atom stereocenters. The van der Waals surface area contributed by atoms with Crippen LogP contribution in [-0.4, -0.2) is 37.5 Å². The number of para-hydroxylation sites is 2. The van der Waals surface area contributed by atoms with E-state index in [1.54, 1.807) is 14.2 Å². The molecule has 0 fully saturated rings. The first kappa shape index (κ1) is 31.6. The Labute approximate surface area is 285 Å². The van der Waals surface area contributed by atoms with Gasteiger partial charge < -0.3 is 9.47 Å². The molecule has 2 aliphatic heterocycles. The predicted molar refractivity (Wildman–Crippen MR) is 193 cm³/mol. The number of hydrazone groups is 2. The summed E-state index contributed by atoms with van der Waals surface area (Å²) >= 11 is 0. The van der Waals surface area contributed by atoms with E-state index in [-0.39, 0.29) is 17.7 Å². The lowest BCUT2D eigenvalue weighted by Gasteiger charge is -2.23. The molecule has 5 aromatic rings. The van der Waals surface area contributed by atoms with E-state index in [0.29, 0.717) is 22.9 Å². The third-order valence-electron chi connectivity index (χ3n) is 9.20. The monoisotopic (exact) mass is 648 g/mol. The molecule has 8 nitrogen and oxygen atoms in total. The second kappa shape index (κ2) is 13.2. The Bertz CT molecular complexity index is 1950. The van der Waals surface area contributed by atoms with Crippen molar-refractivity contribution in [1.29, 1.82) is 0 Å². The highest BCUT2D eigenvalue weighted by atomic mass is 16.5. The summed E-state index contributed by atoms with van der Waals surface area (Å²) in [7, 11) is 3.25. The fourth-order valence-corrected chi connectivity index (χ4v) is 6.87. The summed E-state index contributed by atoms with van der Waals surface area (Å²) in [5.74, 6) is -0.368. The zero-order valence-corrected chi connectivity index (χ0v) is 27.8. The average Bonchev–Trinajstić information content (AvgIpc) is 3.61. The van der Waals surface area contributed by atoms with Gasteiger partial charge in [-0.3, -0.25) is 9.59 Å². The molecule has 5 aromatic carbocycles. The van der Waals surface area contributed by atoms with Gasteiger partial charge in [0.25, 0.3) is 11.8 Å². The highest BCUT2D eigenvalue weighted by Crippen LogP contribution is 2.42. The standard InChI is InChI=1S/C41H36N4O4/c1-26-37(40(46)44(42-26)31-16-10-6-11-17-31)33-22-20-29(24-35(33)48-3)39(28-14-8-5-9-15-28)30-21-23-34(36(25-30)49-4)38-27(2)43-45(41(38)47)32-18-12-7-13-19-32/h5-25,37-39H,1-4H3. The minimum atomic E-state index is -0.567. The summed E-state index contributed by atoms with van der Waals surface area (Å²) in [6.45, 7) is 3.75. The van der Waals surface area contributed by atoms with Gasteiger partial charge in [0.05, 0.1) is 37.0 Å². The molecule has 7 rings (SSSR count). The van der Waals surface area contributed by atoms with Gasteiger partial charge in [0, 0.05) is 17.0 Å². The molecule has 244 valence electrons. The highest BCUT2D eigenvalue weighted by molar-refractivity contribution is 6.20. The Balaban J connectivity index is 1.25. The van der Waals surface area contributed by atoms with E-state index in [0.717, 1.165) is 39.2 Å². The lowest BCUT2D eigenvalue weighted by atomic mass is 9.82. The van der Waals surface area contributed by atoms with Gasteiger partial charge in [0.1, 0.15) is 23.3 Å². The molecule has 0 N–H and O–H groups in total. The van der Waals surface area contributed by atoms with E-state index in [4.69, 9.17) is 9.47 Å². The van der Waals surface area contributed by atoms with Crippen molar-refractivity contribution in [2.24, 2.45) is 10.2 Å². The fraction of sp³-hybridized carbons (Fsp3) is 0.171. The van der Waals surface area contributed by atoms with Crippen molar-refractivity contribution < 1.29 is 19.1 Å². The van der Waals surface area contributed by atoms with Crippen LogP contribution in [0.4, 0.5) is 11.4 Å². The molecule has 2 amide bonds. The maximum atomic E-state index is 13.7. The number of carbonyl (C=O) groups is 2. The summed E-state index contributed by atoms with van der Waals surface area (Å²) in [6.07, 6.45) is 0. The number of hydrogen-bond acceptors (Lipinski definition) is 6. The van der Waals surface area contributed by atoms with Gasteiger partial charge in [-0.15, -0.1) is 0 Å². The third-order valence-corrected chi connectivity index (χ3v) is 9.20. The van der Waals surface area contributed by atoms with Crippen molar-refractivity contribution in [3.05, 3.63) is 155 Å². The molecule has 0 radical (unpaired) electrons. The number of benzene rings is 5. The molecule has 2 heterocycles. The van der Waals surface area contributed by atoms with Gasteiger partial charge in [-0.2, -0.15) is 20.2 Å². The van der Waals surface area contributed by atoms with Crippen molar-refractivity contribution in [1.82, 2.24) is 0 Å². The number of carbonyl (C=O) groups excluding carboxylic acids is 2.